The van der Waals surface area contributed by atoms with Crippen molar-refractivity contribution in [1.82, 2.24) is 14.8 Å². The van der Waals surface area contributed by atoms with Gasteiger partial charge in [0.05, 0.1) is 0 Å². The summed E-state index contributed by atoms with van der Waals surface area (Å²) in [4.78, 5) is 32.6. The highest BCUT2D eigenvalue weighted by Gasteiger charge is 2.44. The fourth-order valence-electron chi connectivity index (χ4n) is 4.28. The summed E-state index contributed by atoms with van der Waals surface area (Å²) in [5.74, 6) is 1.95. The molecule has 2 unspecified atom stereocenters. The van der Waals surface area contributed by atoms with E-state index in [9.17, 15) is 9.59 Å². The van der Waals surface area contributed by atoms with E-state index in [-0.39, 0.29) is 11.9 Å². The molecule has 2 aromatic rings. The first-order chi connectivity index (χ1) is 14.1. The van der Waals surface area contributed by atoms with Gasteiger partial charge in [-0.15, -0.1) is 0 Å². The number of urea groups is 1. The summed E-state index contributed by atoms with van der Waals surface area (Å²) in [5, 5.41) is 2.98. The fourth-order valence-corrected chi connectivity index (χ4v) is 4.28. The van der Waals surface area contributed by atoms with Gasteiger partial charge in [0.15, 0.2) is 0 Å². The van der Waals surface area contributed by atoms with Gasteiger partial charge in [0.2, 0.25) is 5.91 Å². The molecule has 0 bridgehead atoms. The number of anilines is 1. The third-order valence-electron chi connectivity index (χ3n) is 6.58. The molecule has 1 aliphatic carbocycles. The third kappa shape index (κ3) is 3.59. The molecule has 3 fully saturated rings. The maximum Gasteiger partial charge on any atom is 0.321 e. The number of hydrogen-bond donors (Lipinski definition) is 1. The quantitative estimate of drug-likeness (QED) is 0.871. The molecule has 1 aromatic heterocycles. The van der Waals surface area contributed by atoms with Crippen molar-refractivity contribution >= 4 is 17.6 Å². The van der Waals surface area contributed by atoms with Crippen LogP contribution in [-0.4, -0.2) is 52.9 Å². The Labute approximate surface area is 170 Å². The van der Waals surface area contributed by atoms with Crippen LogP contribution in [0.2, 0.25) is 0 Å². The summed E-state index contributed by atoms with van der Waals surface area (Å²) < 4.78 is 0. The number of rotatable bonds is 4. The van der Waals surface area contributed by atoms with E-state index in [0.717, 1.165) is 38.3 Å². The van der Waals surface area contributed by atoms with Gasteiger partial charge in [0, 0.05) is 62.0 Å². The predicted octanol–water partition coefficient (Wildman–Crippen LogP) is 3.29. The number of carbonyl (C=O) groups excluding carboxylic acids is 2. The van der Waals surface area contributed by atoms with Gasteiger partial charge in [0.25, 0.3) is 0 Å². The Morgan fingerprint density at radius 1 is 0.966 bits per heavy atom. The molecule has 2 saturated heterocycles. The fraction of sp³-hybridized carbons (Fsp3) is 0.435. The molecule has 29 heavy (non-hydrogen) atoms. The molecule has 2 atom stereocenters. The summed E-state index contributed by atoms with van der Waals surface area (Å²) in [7, 11) is 0. The van der Waals surface area contributed by atoms with Gasteiger partial charge in [-0.2, -0.15) is 0 Å². The zero-order valence-corrected chi connectivity index (χ0v) is 16.6. The average molecular weight is 390 g/mol. The van der Waals surface area contributed by atoms with Gasteiger partial charge in [0.1, 0.15) is 0 Å². The van der Waals surface area contributed by atoms with Crippen LogP contribution in [0.25, 0.3) is 0 Å². The second-order valence-electron chi connectivity index (χ2n) is 8.70. The second-order valence-corrected chi connectivity index (χ2v) is 8.70. The molecule has 150 valence electrons. The Morgan fingerprint density at radius 2 is 1.62 bits per heavy atom. The molecule has 3 aliphatic rings. The minimum atomic E-state index is -0.0585. The standard InChI is InChI=1S/C23H26N4O2/c1-15-9-21(15)22(28)26-11-18(12-26)16-4-6-20(7-5-16)25-23(29)27-13-19(14-27)17-3-2-8-24-10-17/h2-8,10,15,18-19,21H,9,11-14H2,1H3,(H,25,29). The van der Waals surface area contributed by atoms with Crippen LogP contribution in [0.1, 0.15) is 36.3 Å². The summed E-state index contributed by atoms with van der Waals surface area (Å²) >= 11 is 0. The summed E-state index contributed by atoms with van der Waals surface area (Å²) in [6.45, 7) is 5.23. The molecule has 1 saturated carbocycles. The number of hydrogen-bond acceptors (Lipinski definition) is 3. The molecule has 2 aliphatic heterocycles. The predicted molar refractivity (Wildman–Crippen MR) is 111 cm³/mol. The topological polar surface area (TPSA) is 65.5 Å². The Hall–Kier alpha value is -2.89. The molecule has 3 heterocycles. The molecule has 6 heteroatoms. The largest absolute Gasteiger partial charge is 0.341 e. The minimum absolute atomic E-state index is 0.0585. The number of likely N-dealkylation sites (tertiary alicyclic amines) is 2. The van der Waals surface area contributed by atoms with E-state index in [0.29, 0.717) is 23.7 Å². The van der Waals surface area contributed by atoms with Crippen LogP contribution in [0, 0.1) is 11.8 Å². The number of aromatic nitrogens is 1. The van der Waals surface area contributed by atoms with Gasteiger partial charge in [-0.05, 0) is 41.7 Å². The Kier molecular flexibility index (Phi) is 4.49. The van der Waals surface area contributed by atoms with Crippen molar-refractivity contribution in [3.63, 3.8) is 0 Å². The lowest BCUT2D eigenvalue weighted by atomic mass is 9.91. The van der Waals surface area contributed by atoms with Crippen LogP contribution in [0.4, 0.5) is 10.5 Å². The van der Waals surface area contributed by atoms with Gasteiger partial charge < -0.3 is 15.1 Å². The minimum Gasteiger partial charge on any atom is -0.341 e. The highest BCUT2D eigenvalue weighted by Crippen LogP contribution is 2.41. The molecule has 3 amide bonds. The Bertz CT molecular complexity index is 902. The van der Waals surface area contributed by atoms with E-state index >= 15 is 0 Å². The van der Waals surface area contributed by atoms with Crippen molar-refractivity contribution in [2.75, 3.05) is 31.5 Å². The number of benzene rings is 1. The van der Waals surface area contributed by atoms with Crippen LogP contribution in [-0.2, 0) is 4.79 Å². The number of pyridine rings is 1. The first-order valence-electron chi connectivity index (χ1n) is 10.4. The third-order valence-corrected chi connectivity index (χ3v) is 6.58. The summed E-state index contributed by atoms with van der Waals surface area (Å²) in [5.41, 5.74) is 3.23. The lowest BCUT2D eigenvalue weighted by molar-refractivity contribution is -0.137. The first kappa shape index (κ1) is 18.2. The van der Waals surface area contributed by atoms with Crippen LogP contribution >= 0.6 is 0 Å². The van der Waals surface area contributed by atoms with Crippen molar-refractivity contribution < 1.29 is 9.59 Å². The smallest absolute Gasteiger partial charge is 0.321 e. The lowest BCUT2D eigenvalue weighted by Crippen LogP contribution is -2.50. The maximum absolute atomic E-state index is 12.4. The normalized spacial score (nSPS) is 23.9. The average Bonchev–Trinajstić information content (AvgIpc) is 3.38. The van der Waals surface area contributed by atoms with Crippen LogP contribution in [0.5, 0.6) is 0 Å². The van der Waals surface area contributed by atoms with Crippen molar-refractivity contribution in [3.05, 3.63) is 59.9 Å². The second kappa shape index (κ2) is 7.17. The van der Waals surface area contributed by atoms with Crippen molar-refractivity contribution in [3.8, 4) is 0 Å². The molecule has 6 nitrogen and oxygen atoms in total. The van der Waals surface area contributed by atoms with Crippen LogP contribution in [0.3, 0.4) is 0 Å². The highest BCUT2D eigenvalue weighted by molar-refractivity contribution is 5.90. The summed E-state index contributed by atoms with van der Waals surface area (Å²) in [6.07, 6.45) is 4.69. The monoisotopic (exact) mass is 390 g/mol. The highest BCUT2D eigenvalue weighted by atomic mass is 16.2. The first-order valence-corrected chi connectivity index (χ1v) is 10.4. The molecule has 0 radical (unpaired) electrons. The van der Waals surface area contributed by atoms with Gasteiger partial charge in [-0.25, -0.2) is 4.79 Å². The Morgan fingerprint density at radius 3 is 2.24 bits per heavy atom. The van der Waals surface area contributed by atoms with Gasteiger partial charge in [-0.1, -0.05) is 25.1 Å². The van der Waals surface area contributed by atoms with Crippen molar-refractivity contribution in [1.29, 1.82) is 0 Å². The van der Waals surface area contributed by atoms with E-state index < -0.39 is 0 Å². The maximum atomic E-state index is 12.4. The van der Waals surface area contributed by atoms with Crippen LogP contribution < -0.4 is 5.32 Å². The molecule has 1 aromatic carbocycles. The van der Waals surface area contributed by atoms with E-state index in [1.165, 1.54) is 11.1 Å². The molecular weight excluding hydrogens is 364 g/mol. The van der Waals surface area contributed by atoms with Crippen molar-refractivity contribution in [2.45, 2.75) is 25.2 Å². The van der Waals surface area contributed by atoms with E-state index in [1.807, 2.05) is 34.2 Å². The van der Waals surface area contributed by atoms with E-state index in [4.69, 9.17) is 0 Å². The zero-order valence-electron chi connectivity index (χ0n) is 16.6. The molecule has 1 N–H and O–H groups in total. The van der Waals surface area contributed by atoms with Gasteiger partial charge in [-0.3, -0.25) is 9.78 Å². The Balaban J connectivity index is 1.09. The number of nitrogens with zero attached hydrogens (tertiary/aromatic N) is 3. The molecule has 0 spiro atoms. The van der Waals surface area contributed by atoms with E-state index in [1.54, 1.807) is 6.20 Å². The van der Waals surface area contributed by atoms with Gasteiger partial charge >= 0.3 is 6.03 Å². The molecular formula is C23H26N4O2. The number of carbonyl (C=O) groups is 2. The SMILES string of the molecule is CC1CC1C(=O)N1CC(c2ccc(NC(=O)N3CC(c4cccnc4)C3)cc2)C1. The number of amides is 3. The zero-order chi connectivity index (χ0) is 20.0. The molecule has 5 rings (SSSR count). The van der Waals surface area contributed by atoms with Crippen LogP contribution in [0.15, 0.2) is 48.8 Å². The lowest BCUT2D eigenvalue weighted by Gasteiger charge is -2.40. The summed E-state index contributed by atoms with van der Waals surface area (Å²) in [6, 6.07) is 12.0. The van der Waals surface area contributed by atoms with Crippen molar-refractivity contribution in [2.24, 2.45) is 11.8 Å². The number of nitrogens with one attached hydrogen (secondary N) is 1. The van der Waals surface area contributed by atoms with E-state index in [2.05, 4.69) is 35.4 Å².